The van der Waals surface area contributed by atoms with Gasteiger partial charge < -0.3 is 10.6 Å². The highest BCUT2D eigenvalue weighted by molar-refractivity contribution is 7.91. The number of aliphatic imine (C=N–C) groups is 1. The number of guanidine groups is 1. The van der Waals surface area contributed by atoms with Crippen molar-refractivity contribution in [1.29, 1.82) is 0 Å². The largest absolute Gasteiger partial charge is 0.354 e. The topological polar surface area (TPSA) is 70.6 Å². The molecule has 5 nitrogen and oxygen atoms in total. The van der Waals surface area contributed by atoms with Crippen LogP contribution in [0.15, 0.2) is 29.3 Å². The van der Waals surface area contributed by atoms with Gasteiger partial charge in [0, 0.05) is 17.6 Å². The Kier molecular flexibility index (Phi) is 6.52. The lowest BCUT2D eigenvalue weighted by molar-refractivity contribution is 0.584. The molecule has 1 aromatic carbocycles. The molecule has 0 spiro atoms. The first-order chi connectivity index (χ1) is 11.2. The van der Waals surface area contributed by atoms with Gasteiger partial charge in [-0.25, -0.2) is 8.42 Å². The van der Waals surface area contributed by atoms with E-state index in [-0.39, 0.29) is 29.5 Å². The van der Waals surface area contributed by atoms with Gasteiger partial charge in [-0.15, -0.1) is 0 Å². The van der Waals surface area contributed by atoms with E-state index in [0.717, 1.165) is 5.56 Å². The molecule has 134 valence electrons. The minimum atomic E-state index is -2.86. The summed E-state index contributed by atoms with van der Waals surface area (Å²) in [7, 11) is -2.86. The zero-order valence-corrected chi connectivity index (χ0v) is 16.0. The molecule has 1 aromatic rings. The van der Waals surface area contributed by atoms with E-state index in [1.165, 1.54) is 0 Å². The normalized spacial score (nSPS) is 21.7. The Balaban J connectivity index is 2.03. The highest BCUT2D eigenvalue weighted by atomic mass is 35.5. The Labute approximate surface area is 149 Å². The summed E-state index contributed by atoms with van der Waals surface area (Å²) in [5.74, 6) is 1.34. The van der Waals surface area contributed by atoms with E-state index in [2.05, 4.69) is 15.6 Å². The van der Waals surface area contributed by atoms with Gasteiger partial charge in [-0.05, 0) is 50.8 Å². The van der Waals surface area contributed by atoms with E-state index in [9.17, 15) is 8.42 Å². The van der Waals surface area contributed by atoms with Crippen LogP contribution in [0.5, 0.6) is 0 Å². The molecule has 0 bridgehead atoms. The van der Waals surface area contributed by atoms with Crippen LogP contribution < -0.4 is 10.6 Å². The number of nitrogens with zero attached hydrogens (tertiary/aromatic N) is 1. The van der Waals surface area contributed by atoms with Crippen molar-refractivity contribution in [3.05, 3.63) is 34.9 Å². The fraction of sp³-hybridized carbons (Fsp3) is 0.588. The number of sulfone groups is 1. The van der Waals surface area contributed by atoms with Crippen LogP contribution in [-0.2, 0) is 9.84 Å². The van der Waals surface area contributed by atoms with Crippen LogP contribution in [0.1, 0.15) is 38.8 Å². The van der Waals surface area contributed by atoms with Crippen LogP contribution in [0.3, 0.4) is 0 Å². The summed E-state index contributed by atoms with van der Waals surface area (Å²) in [6.07, 6.45) is 0.699. The molecule has 1 fully saturated rings. The van der Waals surface area contributed by atoms with E-state index >= 15 is 0 Å². The summed E-state index contributed by atoms with van der Waals surface area (Å²) >= 11 is 6.05. The molecule has 1 saturated heterocycles. The molecule has 2 N–H and O–H groups in total. The van der Waals surface area contributed by atoms with E-state index in [1.54, 1.807) is 0 Å². The van der Waals surface area contributed by atoms with Crippen LogP contribution in [0, 0.1) is 5.92 Å². The quantitative estimate of drug-likeness (QED) is 0.616. The molecule has 2 rings (SSSR count). The molecule has 2 unspecified atom stereocenters. The number of nitrogens with one attached hydrogen (secondary N) is 2. The number of benzene rings is 1. The van der Waals surface area contributed by atoms with Crippen molar-refractivity contribution in [3.63, 3.8) is 0 Å². The lowest BCUT2D eigenvalue weighted by Crippen LogP contribution is -2.42. The number of halogens is 1. The van der Waals surface area contributed by atoms with Gasteiger partial charge in [0.25, 0.3) is 0 Å². The van der Waals surface area contributed by atoms with E-state index < -0.39 is 9.84 Å². The van der Waals surface area contributed by atoms with Gasteiger partial charge in [-0.1, -0.05) is 23.7 Å². The maximum absolute atomic E-state index is 11.6. The summed E-state index contributed by atoms with van der Waals surface area (Å²) in [6, 6.07) is 7.98. The third-order valence-electron chi connectivity index (χ3n) is 3.96. The summed E-state index contributed by atoms with van der Waals surface area (Å²) in [5.41, 5.74) is 1.07. The van der Waals surface area contributed by atoms with Crippen molar-refractivity contribution in [1.82, 2.24) is 10.6 Å². The van der Waals surface area contributed by atoms with Crippen molar-refractivity contribution in [2.24, 2.45) is 10.9 Å². The molecule has 0 amide bonds. The van der Waals surface area contributed by atoms with Gasteiger partial charge in [-0.2, -0.15) is 0 Å². The van der Waals surface area contributed by atoms with Crippen molar-refractivity contribution in [2.75, 3.05) is 18.1 Å². The van der Waals surface area contributed by atoms with Crippen LogP contribution in [0.4, 0.5) is 0 Å². The van der Waals surface area contributed by atoms with Gasteiger partial charge in [0.1, 0.15) is 0 Å². The minimum Gasteiger partial charge on any atom is -0.354 e. The predicted molar refractivity (Wildman–Crippen MR) is 100 cm³/mol. The standard InChI is InChI=1S/C17H26ClN3O2S/c1-12(2)20-17(19-10-14-7-8-24(22,23)11-14)21-13(3)15-5-4-6-16(18)9-15/h4-6,9,12-14H,7-8,10-11H2,1-3H3,(H2,19,20,21). The Morgan fingerprint density at radius 2 is 2.08 bits per heavy atom. The van der Waals surface area contributed by atoms with Gasteiger partial charge >= 0.3 is 0 Å². The fourth-order valence-electron chi connectivity index (χ4n) is 2.71. The zero-order valence-electron chi connectivity index (χ0n) is 14.4. The smallest absolute Gasteiger partial charge is 0.191 e. The highest BCUT2D eigenvalue weighted by Crippen LogP contribution is 2.19. The second kappa shape index (κ2) is 8.21. The molecule has 0 aliphatic carbocycles. The molecule has 0 aromatic heterocycles. The van der Waals surface area contributed by atoms with Crippen molar-refractivity contribution in [3.8, 4) is 0 Å². The highest BCUT2D eigenvalue weighted by Gasteiger charge is 2.27. The van der Waals surface area contributed by atoms with Crippen LogP contribution >= 0.6 is 11.6 Å². The second-order valence-corrected chi connectivity index (χ2v) is 9.34. The number of hydrogen-bond acceptors (Lipinski definition) is 3. The first kappa shape index (κ1) is 19.1. The maximum Gasteiger partial charge on any atom is 0.191 e. The van der Waals surface area contributed by atoms with Crippen molar-refractivity contribution in [2.45, 2.75) is 39.3 Å². The van der Waals surface area contributed by atoms with Gasteiger partial charge in [0.05, 0.1) is 17.5 Å². The first-order valence-electron chi connectivity index (χ1n) is 8.28. The molecule has 1 aliphatic heterocycles. The van der Waals surface area contributed by atoms with Gasteiger partial charge in [0.2, 0.25) is 0 Å². The van der Waals surface area contributed by atoms with E-state index in [4.69, 9.17) is 11.6 Å². The molecule has 2 atom stereocenters. The molecular weight excluding hydrogens is 346 g/mol. The lowest BCUT2D eigenvalue weighted by atomic mass is 10.1. The Morgan fingerprint density at radius 1 is 1.33 bits per heavy atom. The zero-order chi connectivity index (χ0) is 17.7. The Bertz CT molecular complexity index is 689. The second-order valence-electron chi connectivity index (χ2n) is 6.68. The lowest BCUT2D eigenvalue weighted by Gasteiger charge is -2.21. The first-order valence-corrected chi connectivity index (χ1v) is 10.5. The van der Waals surface area contributed by atoms with E-state index in [1.807, 2.05) is 45.0 Å². The summed E-state index contributed by atoms with van der Waals surface area (Å²) < 4.78 is 23.1. The van der Waals surface area contributed by atoms with Crippen LogP contribution in [-0.4, -0.2) is 38.5 Å². The summed E-state index contributed by atoms with van der Waals surface area (Å²) in [6.45, 7) is 6.65. The van der Waals surface area contributed by atoms with E-state index in [0.29, 0.717) is 23.9 Å². The Hall–Kier alpha value is -1.27. The number of hydrogen-bond donors (Lipinski definition) is 2. The minimum absolute atomic E-state index is 0.0426. The molecule has 24 heavy (non-hydrogen) atoms. The third kappa shape index (κ3) is 5.98. The summed E-state index contributed by atoms with van der Waals surface area (Å²) in [4.78, 5) is 4.60. The van der Waals surface area contributed by atoms with Gasteiger partial charge in [-0.3, -0.25) is 4.99 Å². The Morgan fingerprint density at radius 3 is 2.67 bits per heavy atom. The molecule has 0 saturated carbocycles. The average Bonchev–Trinajstić information content (AvgIpc) is 2.83. The average molecular weight is 372 g/mol. The SMILES string of the molecule is CC(C)NC(=NCC1CCS(=O)(=O)C1)NC(C)c1cccc(Cl)c1. The third-order valence-corrected chi connectivity index (χ3v) is 6.03. The number of rotatable bonds is 5. The maximum atomic E-state index is 11.6. The van der Waals surface area contributed by atoms with Gasteiger partial charge in [0.15, 0.2) is 15.8 Å². The molecular formula is C17H26ClN3O2S. The molecule has 1 heterocycles. The monoisotopic (exact) mass is 371 g/mol. The van der Waals surface area contributed by atoms with Crippen LogP contribution in [0.2, 0.25) is 5.02 Å². The molecule has 7 heteroatoms. The fourth-order valence-corrected chi connectivity index (χ4v) is 4.76. The molecule has 0 radical (unpaired) electrons. The van der Waals surface area contributed by atoms with Crippen molar-refractivity contribution >= 4 is 27.4 Å². The molecule has 1 aliphatic rings. The van der Waals surface area contributed by atoms with Crippen LogP contribution in [0.25, 0.3) is 0 Å². The van der Waals surface area contributed by atoms with Crippen molar-refractivity contribution < 1.29 is 8.42 Å². The summed E-state index contributed by atoms with van der Waals surface area (Å²) in [5, 5.41) is 7.37. The predicted octanol–water partition coefficient (Wildman–Crippen LogP) is 2.78.